The number of para-hydroxylation sites is 2. The third-order valence-electron chi connectivity index (χ3n) is 6.51. The van der Waals surface area contributed by atoms with Gasteiger partial charge in [0.05, 0.1) is 5.52 Å². The molecule has 2 heterocycles. The summed E-state index contributed by atoms with van der Waals surface area (Å²) in [7, 11) is 4.19. The largest absolute Gasteiger partial charge is 0.377 e. The van der Waals surface area contributed by atoms with Gasteiger partial charge in [0.15, 0.2) is 0 Å². The minimum absolute atomic E-state index is 0.481. The zero-order chi connectivity index (χ0) is 21.2. The number of hydrogen-bond donors (Lipinski definition) is 3. The molecule has 160 valence electrons. The molecule has 5 nitrogen and oxygen atoms in total. The third kappa shape index (κ3) is 4.23. The summed E-state index contributed by atoms with van der Waals surface area (Å²) >= 11 is 0. The van der Waals surface area contributed by atoms with Crippen molar-refractivity contribution in [1.82, 2.24) is 15.3 Å². The summed E-state index contributed by atoms with van der Waals surface area (Å²) in [6.07, 6.45) is 6.84. The molecular formula is C26H31N5. The van der Waals surface area contributed by atoms with Crippen LogP contribution in [0.2, 0.25) is 0 Å². The van der Waals surface area contributed by atoms with E-state index in [9.17, 15) is 0 Å². The van der Waals surface area contributed by atoms with Crippen molar-refractivity contribution < 1.29 is 0 Å². The van der Waals surface area contributed by atoms with E-state index in [2.05, 4.69) is 95.4 Å². The van der Waals surface area contributed by atoms with E-state index in [1.165, 1.54) is 40.4 Å². The van der Waals surface area contributed by atoms with E-state index >= 15 is 0 Å². The Bertz CT molecular complexity index is 1170. The van der Waals surface area contributed by atoms with Gasteiger partial charge in [0.25, 0.3) is 0 Å². The standard InChI is InChI=1S/C26H31N5/c1-31(2)25-15-26(30-24-10-6-4-8-22(24)25)29-20-13-11-19(12-14-20)27-16-18-17-28-23-9-5-3-7-21(18)23/h3-10,15,17,19-20,27-28H,11-14,16H2,1-2H3,(H,29,30)/t19-,20+. The maximum atomic E-state index is 4.87. The first-order valence-electron chi connectivity index (χ1n) is 11.3. The summed E-state index contributed by atoms with van der Waals surface area (Å²) < 4.78 is 0. The van der Waals surface area contributed by atoms with Crippen LogP contribution in [0.1, 0.15) is 31.2 Å². The number of fused-ring (bicyclic) bond motifs is 2. The quantitative estimate of drug-likeness (QED) is 0.402. The van der Waals surface area contributed by atoms with Crippen molar-refractivity contribution in [3.8, 4) is 0 Å². The van der Waals surface area contributed by atoms with Gasteiger partial charge < -0.3 is 20.5 Å². The Labute approximate surface area is 183 Å². The number of benzene rings is 2. The summed E-state index contributed by atoms with van der Waals surface area (Å²) in [6, 6.07) is 20.1. The van der Waals surface area contributed by atoms with Crippen molar-refractivity contribution in [3.63, 3.8) is 0 Å². The molecule has 0 saturated heterocycles. The average Bonchev–Trinajstić information content (AvgIpc) is 3.21. The lowest BCUT2D eigenvalue weighted by molar-refractivity contribution is 0.353. The first-order valence-corrected chi connectivity index (χ1v) is 11.3. The molecule has 0 amide bonds. The summed E-state index contributed by atoms with van der Waals surface area (Å²) in [4.78, 5) is 10.4. The van der Waals surface area contributed by atoms with Crippen LogP contribution in [0.15, 0.2) is 60.8 Å². The molecule has 1 fully saturated rings. The Morgan fingerprint density at radius 1 is 0.935 bits per heavy atom. The highest BCUT2D eigenvalue weighted by Gasteiger charge is 2.22. The monoisotopic (exact) mass is 413 g/mol. The molecule has 0 spiro atoms. The summed E-state index contributed by atoms with van der Waals surface area (Å²) in [6.45, 7) is 0.922. The molecule has 0 atom stereocenters. The van der Waals surface area contributed by atoms with Gasteiger partial charge in [0.2, 0.25) is 0 Å². The van der Waals surface area contributed by atoms with Crippen molar-refractivity contribution in [2.24, 2.45) is 0 Å². The fourth-order valence-electron chi connectivity index (χ4n) is 4.78. The van der Waals surface area contributed by atoms with Crippen LogP contribution in [-0.2, 0) is 6.54 Å². The maximum absolute atomic E-state index is 4.87. The minimum atomic E-state index is 0.481. The molecule has 3 N–H and O–H groups in total. The number of nitrogens with one attached hydrogen (secondary N) is 3. The Balaban J connectivity index is 1.19. The molecule has 0 unspecified atom stereocenters. The number of H-pyrrole nitrogens is 1. The zero-order valence-corrected chi connectivity index (χ0v) is 18.4. The molecule has 4 aromatic rings. The van der Waals surface area contributed by atoms with Crippen LogP contribution in [0.25, 0.3) is 21.8 Å². The zero-order valence-electron chi connectivity index (χ0n) is 18.4. The molecular weight excluding hydrogens is 382 g/mol. The van der Waals surface area contributed by atoms with Gasteiger partial charge in [-0.2, -0.15) is 0 Å². The van der Waals surface area contributed by atoms with Crippen LogP contribution >= 0.6 is 0 Å². The van der Waals surface area contributed by atoms with E-state index in [0.29, 0.717) is 12.1 Å². The first-order chi connectivity index (χ1) is 15.2. The average molecular weight is 414 g/mol. The molecule has 0 bridgehead atoms. The highest BCUT2D eigenvalue weighted by molar-refractivity contribution is 5.93. The van der Waals surface area contributed by atoms with Crippen molar-refractivity contribution in [3.05, 3.63) is 66.4 Å². The SMILES string of the molecule is CN(C)c1cc(N[C@H]2CC[C@@H](NCc3c[nH]c4ccccc34)CC2)nc2ccccc12. The Morgan fingerprint density at radius 2 is 1.65 bits per heavy atom. The van der Waals surface area contributed by atoms with Crippen molar-refractivity contribution in [2.75, 3.05) is 24.3 Å². The molecule has 1 aliphatic carbocycles. The van der Waals surface area contributed by atoms with Gasteiger partial charge >= 0.3 is 0 Å². The van der Waals surface area contributed by atoms with Crippen molar-refractivity contribution >= 4 is 33.3 Å². The van der Waals surface area contributed by atoms with E-state index in [0.717, 1.165) is 30.7 Å². The van der Waals surface area contributed by atoms with Gasteiger partial charge in [0.1, 0.15) is 5.82 Å². The number of aromatic amines is 1. The fourth-order valence-corrected chi connectivity index (χ4v) is 4.78. The molecule has 31 heavy (non-hydrogen) atoms. The first kappa shape index (κ1) is 19.9. The van der Waals surface area contributed by atoms with Crippen LogP contribution < -0.4 is 15.5 Å². The summed E-state index contributed by atoms with van der Waals surface area (Å²) in [5.41, 5.74) is 4.83. The molecule has 0 radical (unpaired) electrons. The Hall–Kier alpha value is -3.05. The van der Waals surface area contributed by atoms with Gasteiger partial charge in [-0.3, -0.25) is 0 Å². The van der Waals surface area contributed by atoms with Crippen LogP contribution in [-0.4, -0.2) is 36.1 Å². The van der Waals surface area contributed by atoms with Gasteiger partial charge in [-0.25, -0.2) is 4.98 Å². The van der Waals surface area contributed by atoms with Gasteiger partial charge in [0, 0.05) is 67.0 Å². The van der Waals surface area contributed by atoms with Crippen LogP contribution in [0.5, 0.6) is 0 Å². The van der Waals surface area contributed by atoms with Crippen LogP contribution in [0, 0.1) is 0 Å². The normalized spacial score (nSPS) is 19.0. The predicted molar refractivity (Wildman–Crippen MR) is 131 cm³/mol. The molecule has 2 aromatic heterocycles. The fraction of sp³-hybridized carbons (Fsp3) is 0.346. The van der Waals surface area contributed by atoms with E-state index in [1.54, 1.807) is 0 Å². The van der Waals surface area contributed by atoms with Crippen molar-refractivity contribution in [1.29, 1.82) is 0 Å². The van der Waals surface area contributed by atoms with E-state index in [4.69, 9.17) is 4.98 Å². The molecule has 5 rings (SSSR count). The van der Waals surface area contributed by atoms with E-state index < -0.39 is 0 Å². The highest BCUT2D eigenvalue weighted by atomic mass is 15.1. The number of nitrogens with zero attached hydrogens (tertiary/aromatic N) is 2. The van der Waals surface area contributed by atoms with Crippen LogP contribution in [0.3, 0.4) is 0 Å². The predicted octanol–water partition coefficient (Wildman–Crippen LogP) is 5.30. The minimum Gasteiger partial charge on any atom is -0.377 e. The number of aromatic nitrogens is 2. The molecule has 2 aromatic carbocycles. The van der Waals surface area contributed by atoms with Gasteiger partial charge in [-0.1, -0.05) is 36.4 Å². The molecule has 0 aliphatic heterocycles. The summed E-state index contributed by atoms with van der Waals surface area (Å²) in [5.74, 6) is 0.984. The second-order valence-corrected chi connectivity index (χ2v) is 8.87. The van der Waals surface area contributed by atoms with Crippen molar-refractivity contribution in [2.45, 2.75) is 44.3 Å². The molecule has 1 saturated carbocycles. The lowest BCUT2D eigenvalue weighted by Crippen LogP contribution is -2.36. The second-order valence-electron chi connectivity index (χ2n) is 8.87. The maximum Gasteiger partial charge on any atom is 0.128 e. The number of anilines is 2. The number of rotatable bonds is 6. The molecule has 5 heteroatoms. The molecule has 1 aliphatic rings. The van der Waals surface area contributed by atoms with E-state index in [-0.39, 0.29) is 0 Å². The smallest absolute Gasteiger partial charge is 0.128 e. The van der Waals surface area contributed by atoms with Gasteiger partial charge in [-0.05, 0) is 43.4 Å². The Kier molecular flexibility index (Phi) is 5.51. The number of pyridine rings is 1. The summed E-state index contributed by atoms with van der Waals surface area (Å²) in [5, 5.41) is 10.0. The second kappa shape index (κ2) is 8.60. The highest BCUT2D eigenvalue weighted by Crippen LogP contribution is 2.29. The van der Waals surface area contributed by atoms with Crippen LogP contribution in [0.4, 0.5) is 11.5 Å². The van der Waals surface area contributed by atoms with Gasteiger partial charge in [-0.15, -0.1) is 0 Å². The Morgan fingerprint density at radius 3 is 2.45 bits per heavy atom. The number of hydrogen-bond acceptors (Lipinski definition) is 4. The lowest BCUT2D eigenvalue weighted by Gasteiger charge is -2.30. The van der Waals surface area contributed by atoms with E-state index in [1.807, 2.05) is 0 Å². The third-order valence-corrected chi connectivity index (χ3v) is 6.51. The topological polar surface area (TPSA) is 56.0 Å². The lowest BCUT2D eigenvalue weighted by atomic mass is 9.91.